The van der Waals surface area contributed by atoms with E-state index in [1.54, 1.807) is 24.7 Å². The molecule has 0 fully saturated rings. The van der Waals surface area contributed by atoms with Gasteiger partial charge in [0, 0.05) is 6.54 Å². The molecule has 0 N–H and O–H groups in total. The summed E-state index contributed by atoms with van der Waals surface area (Å²) >= 11 is 0. The first-order valence-corrected chi connectivity index (χ1v) is 7.97. The normalized spacial score (nSPS) is 15.8. The summed E-state index contributed by atoms with van der Waals surface area (Å²) in [7, 11) is -3.32. The maximum Gasteiger partial charge on any atom is 0.217 e. The lowest BCUT2D eigenvalue weighted by molar-refractivity contribution is 0.396. The van der Waals surface area contributed by atoms with Crippen LogP contribution in [-0.2, 0) is 23.1 Å². The van der Waals surface area contributed by atoms with E-state index in [0.29, 0.717) is 13.1 Å². The number of aromatic nitrogens is 3. The van der Waals surface area contributed by atoms with Crippen molar-refractivity contribution in [3.05, 3.63) is 41.7 Å². The molecule has 0 aliphatic carbocycles. The van der Waals surface area contributed by atoms with Crippen LogP contribution >= 0.6 is 0 Å². The number of benzene rings is 1. The zero-order valence-corrected chi connectivity index (χ0v) is 12.2. The highest BCUT2D eigenvalue weighted by molar-refractivity contribution is 7.89. The molecular formula is C13H16N4O2S. The van der Waals surface area contributed by atoms with E-state index in [4.69, 9.17) is 0 Å². The minimum absolute atomic E-state index is 0.294. The van der Waals surface area contributed by atoms with Crippen LogP contribution in [0.3, 0.4) is 0 Å². The summed E-state index contributed by atoms with van der Waals surface area (Å²) in [5.74, 6) is 0. The Bertz CT molecular complexity index is 736. The second-order valence-electron chi connectivity index (χ2n) is 5.13. The molecule has 0 radical (unpaired) electrons. The first-order valence-electron chi connectivity index (χ1n) is 6.47. The second kappa shape index (κ2) is 4.68. The van der Waals surface area contributed by atoms with Crippen LogP contribution in [0.4, 0.5) is 0 Å². The van der Waals surface area contributed by atoms with E-state index >= 15 is 0 Å². The number of hydrogen-bond acceptors (Lipinski definition) is 4. The molecule has 1 aromatic heterocycles. The summed E-state index contributed by atoms with van der Waals surface area (Å²) < 4.78 is 28.1. The Morgan fingerprint density at radius 2 is 1.95 bits per heavy atom. The van der Waals surface area contributed by atoms with Gasteiger partial charge in [-0.05, 0) is 25.5 Å². The average Bonchev–Trinajstić information content (AvgIpc) is 2.80. The smallest absolute Gasteiger partial charge is 0.216 e. The third-order valence-corrected chi connectivity index (χ3v) is 5.65. The molecule has 0 saturated heterocycles. The molecule has 106 valence electrons. The van der Waals surface area contributed by atoms with Gasteiger partial charge in [-0.15, -0.1) is 5.10 Å². The van der Waals surface area contributed by atoms with Crippen LogP contribution in [0.15, 0.2) is 30.5 Å². The molecule has 0 spiro atoms. The molecule has 7 heteroatoms. The lowest BCUT2D eigenvalue weighted by Gasteiger charge is -2.22. The zero-order valence-electron chi connectivity index (χ0n) is 11.4. The summed E-state index contributed by atoms with van der Waals surface area (Å²) in [6.07, 6.45) is 1.62. The van der Waals surface area contributed by atoms with Gasteiger partial charge in [0.05, 0.1) is 29.4 Å². The van der Waals surface area contributed by atoms with Gasteiger partial charge in [-0.2, -0.15) is 4.31 Å². The van der Waals surface area contributed by atoms with E-state index in [1.807, 2.05) is 24.3 Å². The van der Waals surface area contributed by atoms with Gasteiger partial charge in [0.1, 0.15) is 0 Å². The standard InChI is InChI=1S/C13H16N4O2S/c1-10(2)20(18,19)16-8-11-5-3-4-6-13(11)17-12(9-16)7-14-15-17/h3-7,10H,8-9H2,1-2H3. The number of nitrogens with zero attached hydrogens (tertiary/aromatic N) is 4. The predicted octanol–water partition coefficient (Wildman–Crippen LogP) is 1.32. The second-order valence-corrected chi connectivity index (χ2v) is 7.62. The first-order chi connectivity index (χ1) is 9.50. The van der Waals surface area contributed by atoms with Crippen molar-refractivity contribution in [2.45, 2.75) is 32.2 Å². The highest BCUT2D eigenvalue weighted by atomic mass is 32.2. The van der Waals surface area contributed by atoms with Gasteiger partial charge in [0.25, 0.3) is 0 Å². The van der Waals surface area contributed by atoms with Gasteiger partial charge >= 0.3 is 0 Å². The molecular weight excluding hydrogens is 276 g/mol. The summed E-state index contributed by atoms with van der Waals surface area (Å²) in [6.45, 7) is 4.05. The van der Waals surface area contributed by atoms with E-state index < -0.39 is 15.3 Å². The molecule has 3 rings (SSSR count). The van der Waals surface area contributed by atoms with Crippen LogP contribution < -0.4 is 0 Å². The highest BCUT2D eigenvalue weighted by Gasteiger charge is 2.30. The number of sulfonamides is 1. The Labute approximate surface area is 118 Å². The van der Waals surface area contributed by atoms with E-state index in [0.717, 1.165) is 16.9 Å². The van der Waals surface area contributed by atoms with Gasteiger partial charge in [-0.3, -0.25) is 0 Å². The van der Waals surface area contributed by atoms with Crippen molar-refractivity contribution in [2.75, 3.05) is 0 Å². The lowest BCUT2D eigenvalue weighted by atomic mass is 10.2. The highest BCUT2D eigenvalue weighted by Crippen LogP contribution is 2.25. The van der Waals surface area contributed by atoms with Crippen molar-refractivity contribution >= 4 is 10.0 Å². The van der Waals surface area contributed by atoms with Crippen LogP contribution in [-0.4, -0.2) is 33.0 Å². The average molecular weight is 292 g/mol. The van der Waals surface area contributed by atoms with Gasteiger partial charge in [-0.25, -0.2) is 13.1 Å². The fourth-order valence-electron chi connectivity index (χ4n) is 2.32. The van der Waals surface area contributed by atoms with Crippen molar-refractivity contribution < 1.29 is 8.42 Å². The molecule has 6 nitrogen and oxygen atoms in total. The summed E-state index contributed by atoms with van der Waals surface area (Å²) in [4.78, 5) is 0. The van der Waals surface area contributed by atoms with Gasteiger partial charge < -0.3 is 0 Å². The monoisotopic (exact) mass is 292 g/mol. The van der Waals surface area contributed by atoms with Crippen LogP contribution in [0.5, 0.6) is 0 Å². The fraction of sp³-hybridized carbons (Fsp3) is 0.385. The van der Waals surface area contributed by atoms with E-state index in [1.165, 1.54) is 4.31 Å². The van der Waals surface area contributed by atoms with Crippen molar-refractivity contribution in [1.29, 1.82) is 0 Å². The van der Waals surface area contributed by atoms with Crippen molar-refractivity contribution in [2.24, 2.45) is 0 Å². The molecule has 0 saturated carbocycles. The lowest BCUT2D eigenvalue weighted by Crippen LogP contribution is -2.35. The van der Waals surface area contributed by atoms with Crippen molar-refractivity contribution in [3.63, 3.8) is 0 Å². The minimum Gasteiger partial charge on any atom is -0.216 e. The third-order valence-electron chi connectivity index (χ3n) is 3.48. The van der Waals surface area contributed by atoms with Crippen LogP contribution in [0.25, 0.3) is 5.69 Å². The van der Waals surface area contributed by atoms with E-state index in [9.17, 15) is 8.42 Å². The Kier molecular flexibility index (Phi) is 3.10. The molecule has 0 atom stereocenters. The molecule has 0 amide bonds. The van der Waals surface area contributed by atoms with Crippen LogP contribution in [0, 0.1) is 0 Å². The van der Waals surface area contributed by atoms with Crippen LogP contribution in [0.2, 0.25) is 0 Å². The first kappa shape index (κ1) is 13.3. The third kappa shape index (κ3) is 2.03. The largest absolute Gasteiger partial charge is 0.217 e. The number of para-hydroxylation sites is 1. The molecule has 2 heterocycles. The summed E-state index contributed by atoms with van der Waals surface area (Å²) in [5, 5.41) is 7.51. The maximum atomic E-state index is 12.5. The quantitative estimate of drug-likeness (QED) is 0.837. The van der Waals surface area contributed by atoms with Crippen molar-refractivity contribution in [1.82, 2.24) is 19.3 Å². The Balaban J connectivity index is 2.15. The minimum atomic E-state index is -3.32. The molecule has 0 bridgehead atoms. The van der Waals surface area contributed by atoms with E-state index in [-0.39, 0.29) is 0 Å². The predicted molar refractivity (Wildman–Crippen MR) is 74.7 cm³/mol. The number of hydrogen-bond donors (Lipinski definition) is 0. The number of fused-ring (bicyclic) bond motifs is 3. The van der Waals surface area contributed by atoms with E-state index in [2.05, 4.69) is 10.3 Å². The van der Waals surface area contributed by atoms with Gasteiger partial charge in [0.2, 0.25) is 10.0 Å². The van der Waals surface area contributed by atoms with Crippen LogP contribution in [0.1, 0.15) is 25.1 Å². The maximum absolute atomic E-state index is 12.5. The molecule has 1 aliphatic rings. The van der Waals surface area contributed by atoms with Gasteiger partial charge in [0.15, 0.2) is 0 Å². The molecule has 1 aromatic carbocycles. The van der Waals surface area contributed by atoms with Crippen molar-refractivity contribution in [3.8, 4) is 5.69 Å². The number of rotatable bonds is 2. The Morgan fingerprint density at radius 1 is 1.20 bits per heavy atom. The Hall–Kier alpha value is -1.73. The topological polar surface area (TPSA) is 68.1 Å². The summed E-state index contributed by atoms with van der Waals surface area (Å²) in [6, 6.07) is 7.67. The summed E-state index contributed by atoms with van der Waals surface area (Å²) in [5.41, 5.74) is 2.60. The molecule has 1 aliphatic heterocycles. The molecule has 20 heavy (non-hydrogen) atoms. The molecule has 0 unspecified atom stereocenters. The zero-order chi connectivity index (χ0) is 14.3. The fourth-order valence-corrected chi connectivity index (χ4v) is 3.55. The van der Waals surface area contributed by atoms with Gasteiger partial charge in [-0.1, -0.05) is 23.4 Å². The Morgan fingerprint density at radius 3 is 2.70 bits per heavy atom. The SMILES string of the molecule is CC(C)S(=O)(=O)N1Cc2ccccc2-n2nncc2C1. The molecule has 2 aromatic rings.